The highest BCUT2D eigenvalue weighted by molar-refractivity contribution is 6.30. The van der Waals surface area contributed by atoms with Gasteiger partial charge in [-0.1, -0.05) is 11.6 Å². The first-order valence-electron chi connectivity index (χ1n) is 10.7. The molecule has 7 nitrogen and oxygen atoms in total. The lowest BCUT2D eigenvalue weighted by molar-refractivity contribution is -0.129. The van der Waals surface area contributed by atoms with Crippen LogP contribution in [0.15, 0.2) is 23.2 Å². The first-order valence-corrected chi connectivity index (χ1v) is 11.0. The Morgan fingerprint density at radius 1 is 1.31 bits per heavy atom. The molecule has 1 aromatic carbocycles. The van der Waals surface area contributed by atoms with Crippen LogP contribution in [0.3, 0.4) is 0 Å². The summed E-state index contributed by atoms with van der Waals surface area (Å²) in [6.45, 7) is 8.65. The Hall–Kier alpha value is -2.72. The minimum Gasteiger partial charge on any atom is -0.487 e. The van der Waals surface area contributed by atoms with Crippen molar-refractivity contribution in [2.75, 3.05) is 6.54 Å². The third kappa shape index (κ3) is 6.89. The van der Waals surface area contributed by atoms with Gasteiger partial charge in [-0.15, -0.1) is 12.8 Å². The van der Waals surface area contributed by atoms with E-state index < -0.39 is 0 Å². The third-order valence-corrected chi connectivity index (χ3v) is 5.65. The summed E-state index contributed by atoms with van der Waals surface area (Å²) in [5, 5.41) is 3.46. The van der Waals surface area contributed by atoms with E-state index in [0.29, 0.717) is 23.3 Å². The van der Waals surface area contributed by atoms with Crippen LogP contribution in [0.5, 0.6) is 5.75 Å². The van der Waals surface area contributed by atoms with Crippen molar-refractivity contribution in [1.29, 1.82) is 0 Å². The highest BCUT2D eigenvalue weighted by Crippen LogP contribution is 2.40. The molecule has 3 N–H and O–H groups in total. The number of halogens is 1. The van der Waals surface area contributed by atoms with Gasteiger partial charge in [-0.25, -0.2) is 4.99 Å². The summed E-state index contributed by atoms with van der Waals surface area (Å²) < 4.78 is 5.84. The van der Waals surface area contributed by atoms with Gasteiger partial charge >= 0.3 is 0 Å². The fraction of sp³-hybridized carbons (Fsp3) is 0.542. The standard InChI is InChI=1S/C12H14ClNO2.C10H17N3O.C2H2/c1-12(2)6-10(14-7-15)9-5-8(13)3-4-11(9)16-12;1-10(2)5-8(14)13(9(11)12-10)6-7-3-4-7;1-2/h3-5,7,10H,6H2,1-2H3,(H,14,15);7H,3-6H2,1-2H3,(H2,11,12);1-2H/t10-;;/m0../s1. The highest BCUT2D eigenvalue weighted by atomic mass is 35.5. The minimum atomic E-state index is -0.318. The van der Waals surface area contributed by atoms with Gasteiger partial charge in [0.25, 0.3) is 0 Å². The van der Waals surface area contributed by atoms with E-state index in [9.17, 15) is 9.59 Å². The Balaban J connectivity index is 0.000000212. The number of hydrogen-bond acceptors (Lipinski definition) is 5. The molecule has 1 atom stereocenters. The van der Waals surface area contributed by atoms with Crippen LogP contribution in [-0.2, 0) is 9.59 Å². The number of fused-ring (bicyclic) bond motifs is 1. The molecule has 1 saturated carbocycles. The zero-order chi connectivity index (χ0) is 24.1. The molecule has 2 amide bonds. The first kappa shape index (κ1) is 25.5. The molecule has 8 heteroatoms. The maximum absolute atomic E-state index is 11.7. The van der Waals surface area contributed by atoms with Crippen LogP contribution in [0.25, 0.3) is 0 Å². The summed E-state index contributed by atoms with van der Waals surface area (Å²) in [4.78, 5) is 28.3. The molecule has 32 heavy (non-hydrogen) atoms. The quantitative estimate of drug-likeness (QED) is 0.529. The molecule has 0 aromatic heterocycles. The first-order chi connectivity index (χ1) is 15.0. The number of aliphatic imine (C=N–C) groups is 1. The SMILES string of the molecule is C#C.CC1(C)CC(=O)N(CC2CC2)C(N)=N1.CC1(C)C[C@H](NC=O)c2cc(Cl)ccc2O1. The van der Waals surface area contributed by atoms with E-state index in [0.717, 1.165) is 30.7 Å². The normalized spacial score (nSPS) is 22.5. The summed E-state index contributed by atoms with van der Waals surface area (Å²) in [7, 11) is 0. The highest BCUT2D eigenvalue weighted by Gasteiger charge is 2.36. The molecular weight excluding hydrogens is 428 g/mol. The average Bonchev–Trinajstić information content (AvgIpc) is 3.51. The Bertz CT molecular complexity index is 890. The molecule has 2 aliphatic heterocycles. The van der Waals surface area contributed by atoms with Crippen LogP contribution in [0.4, 0.5) is 0 Å². The van der Waals surface area contributed by atoms with E-state index >= 15 is 0 Å². The summed E-state index contributed by atoms with van der Waals surface area (Å²) in [5.41, 5.74) is 6.13. The number of nitrogens with one attached hydrogen (secondary N) is 1. The van der Waals surface area contributed by atoms with Gasteiger partial charge < -0.3 is 15.8 Å². The van der Waals surface area contributed by atoms with Gasteiger partial charge in [0.05, 0.1) is 18.0 Å². The summed E-state index contributed by atoms with van der Waals surface area (Å²) in [5.74, 6) is 1.97. The number of carbonyl (C=O) groups is 2. The molecule has 1 fully saturated rings. The van der Waals surface area contributed by atoms with E-state index in [1.807, 2.05) is 39.8 Å². The monoisotopic (exact) mass is 460 g/mol. The Morgan fingerprint density at radius 2 is 1.97 bits per heavy atom. The van der Waals surface area contributed by atoms with Crippen molar-refractivity contribution in [3.63, 3.8) is 0 Å². The van der Waals surface area contributed by atoms with Gasteiger partial charge in [0.2, 0.25) is 12.3 Å². The Kier molecular flexibility index (Phi) is 8.19. The number of nitrogens with zero attached hydrogens (tertiary/aromatic N) is 2. The fourth-order valence-corrected chi connectivity index (χ4v) is 3.99. The van der Waals surface area contributed by atoms with Crippen LogP contribution >= 0.6 is 11.6 Å². The van der Waals surface area contributed by atoms with Gasteiger partial charge in [0, 0.05) is 23.6 Å². The second kappa shape index (κ2) is 10.3. The van der Waals surface area contributed by atoms with E-state index in [4.69, 9.17) is 22.1 Å². The number of benzene rings is 1. The van der Waals surface area contributed by atoms with Gasteiger partial charge in [-0.05, 0) is 64.7 Å². The van der Waals surface area contributed by atoms with Crippen molar-refractivity contribution in [3.05, 3.63) is 28.8 Å². The molecule has 0 bridgehead atoms. The fourth-order valence-electron chi connectivity index (χ4n) is 3.81. The van der Waals surface area contributed by atoms with E-state index in [1.54, 1.807) is 11.0 Å². The molecule has 3 aliphatic rings. The molecule has 0 spiro atoms. The lowest BCUT2D eigenvalue weighted by atomic mass is 9.90. The zero-order valence-corrected chi connectivity index (χ0v) is 20.0. The number of carbonyl (C=O) groups excluding carboxylic acids is 2. The second-order valence-electron chi connectivity index (χ2n) is 9.49. The topological polar surface area (TPSA) is 97.0 Å². The lowest BCUT2D eigenvalue weighted by Crippen LogP contribution is -2.50. The molecular formula is C24H33ClN4O3. The average molecular weight is 461 g/mol. The Labute approximate surface area is 195 Å². The molecule has 0 saturated heterocycles. The Morgan fingerprint density at radius 3 is 2.53 bits per heavy atom. The predicted molar refractivity (Wildman–Crippen MR) is 127 cm³/mol. The predicted octanol–water partition coefficient (Wildman–Crippen LogP) is 3.66. The smallest absolute Gasteiger partial charge is 0.231 e. The van der Waals surface area contributed by atoms with Gasteiger partial charge in [0.15, 0.2) is 5.96 Å². The van der Waals surface area contributed by atoms with Crippen LogP contribution in [0.1, 0.15) is 65.0 Å². The molecule has 1 aromatic rings. The van der Waals surface area contributed by atoms with Crippen LogP contribution in [-0.4, -0.2) is 40.9 Å². The molecule has 2 heterocycles. The van der Waals surface area contributed by atoms with E-state index in [-0.39, 0.29) is 23.1 Å². The number of terminal acetylenes is 1. The van der Waals surface area contributed by atoms with Crippen molar-refractivity contribution >= 4 is 29.9 Å². The van der Waals surface area contributed by atoms with E-state index in [2.05, 4.69) is 23.2 Å². The van der Waals surface area contributed by atoms with Crippen LogP contribution in [0.2, 0.25) is 5.02 Å². The maximum Gasteiger partial charge on any atom is 0.231 e. The van der Waals surface area contributed by atoms with Crippen molar-refractivity contribution < 1.29 is 14.3 Å². The number of guanidine groups is 1. The molecule has 174 valence electrons. The molecule has 4 rings (SSSR count). The van der Waals surface area contributed by atoms with Crippen molar-refractivity contribution in [2.45, 2.75) is 70.6 Å². The summed E-state index contributed by atoms with van der Waals surface area (Å²) in [6, 6.07) is 5.44. The maximum atomic E-state index is 11.7. The van der Waals surface area contributed by atoms with Gasteiger partial charge in [-0.3, -0.25) is 14.5 Å². The second-order valence-corrected chi connectivity index (χ2v) is 9.93. The largest absolute Gasteiger partial charge is 0.487 e. The van der Waals surface area contributed by atoms with E-state index in [1.165, 1.54) is 12.8 Å². The van der Waals surface area contributed by atoms with Gasteiger partial charge in [-0.2, -0.15) is 0 Å². The van der Waals surface area contributed by atoms with Crippen LogP contribution in [0, 0.1) is 18.8 Å². The number of ether oxygens (including phenoxy) is 1. The third-order valence-electron chi connectivity index (χ3n) is 5.41. The zero-order valence-electron chi connectivity index (χ0n) is 19.2. The molecule has 1 aliphatic carbocycles. The lowest BCUT2D eigenvalue weighted by Gasteiger charge is -2.37. The van der Waals surface area contributed by atoms with Crippen molar-refractivity contribution in [3.8, 4) is 18.6 Å². The number of nitrogens with two attached hydrogens (primary N) is 1. The number of rotatable bonds is 4. The summed E-state index contributed by atoms with van der Waals surface area (Å²) >= 11 is 5.94. The van der Waals surface area contributed by atoms with Crippen molar-refractivity contribution in [1.82, 2.24) is 10.2 Å². The van der Waals surface area contributed by atoms with Crippen LogP contribution < -0.4 is 15.8 Å². The molecule has 0 unspecified atom stereocenters. The number of amides is 2. The van der Waals surface area contributed by atoms with Gasteiger partial charge in [0.1, 0.15) is 11.4 Å². The number of hydrogen-bond donors (Lipinski definition) is 2. The summed E-state index contributed by atoms with van der Waals surface area (Å²) in [6.07, 6.45) is 12.4. The van der Waals surface area contributed by atoms with Crippen molar-refractivity contribution in [2.24, 2.45) is 16.6 Å². The minimum absolute atomic E-state index is 0.0325. The molecule has 0 radical (unpaired) electrons.